The van der Waals surface area contributed by atoms with Crippen LogP contribution in [0, 0.1) is 5.92 Å². The van der Waals surface area contributed by atoms with Gasteiger partial charge in [-0.15, -0.1) is 0 Å². The Hall–Kier alpha value is -1.56. The van der Waals surface area contributed by atoms with Crippen LogP contribution in [0.25, 0.3) is 0 Å². The molecule has 2 rings (SSSR count). The second-order valence-corrected chi connectivity index (χ2v) is 6.32. The number of halogens is 6. The number of amides is 2. The Morgan fingerprint density at radius 1 is 1.15 bits per heavy atom. The van der Waals surface area contributed by atoms with Crippen molar-refractivity contribution < 1.29 is 35.9 Å². The van der Waals surface area contributed by atoms with Gasteiger partial charge >= 0.3 is 12.4 Å². The Morgan fingerprint density at radius 3 is 2.27 bits per heavy atom. The van der Waals surface area contributed by atoms with Gasteiger partial charge in [0.2, 0.25) is 11.8 Å². The number of nitrogens with zero attached hydrogens (tertiary/aromatic N) is 1. The molecule has 2 saturated heterocycles. The second-order valence-electron chi connectivity index (χ2n) is 6.32. The van der Waals surface area contributed by atoms with Gasteiger partial charge < -0.3 is 16.0 Å². The summed E-state index contributed by atoms with van der Waals surface area (Å²) in [5.74, 6) is -3.54. The number of piperidine rings is 1. The second kappa shape index (κ2) is 7.99. The fraction of sp³-hybridized carbons (Fsp3) is 0.857. The van der Waals surface area contributed by atoms with Crippen LogP contribution in [-0.4, -0.2) is 73.9 Å². The third-order valence-electron chi connectivity index (χ3n) is 4.53. The van der Waals surface area contributed by atoms with Gasteiger partial charge in [-0.2, -0.15) is 26.3 Å². The zero-order chi connectivity index (χ0) is 19.5. The molecular formula is C14H20F6N4O2. The summed E-state index contributed by atoms with van der Waals surface area (Å²) in [6, 6.07) is -3.95. The van der Waals surface area contributed by atoms with Crippen LogP contribution in [0.15, 0.2) is 0 Å². The molecule has 3 unspecified atom stereocenters. The van der Waals surface area contributed by atoms with E-state index in [2.05, 4.69) is 10.6 Å². The number of rotatable bonds is 4. The third-order valence-corrected chi connectivity index (χ3v) is 4.53. The van der Waals surface area contributed by atoms with E-state index in [0.717, 1.165) is 0 Å². The predicted octanol–water partition coefficient (Wildman–Crippen LogP) is 0.396. The molecule has 26 heavy (non-hydrogen) atoms. The monoisotopic (exact) mass is 390 g/mol. The maximum atomic E-state index is 13.2. The van der Waals surface area contributed by atoms with E-state index in [1.54, 1.807) is 5.32 Å². The van der Waals surface area contributed by atoms with Crippen LogP contribution >= 0.6 is 0 Å². The average Bonchev–Trinajstić information content (AvgIpc) is 2.53. The summed E-state index contributed by atoms with van der Waals surface area (Å²) < 4.78 is 77.5. The molecule has 3 N–H and O–H groups in total. The zero-order valence-corrected chi connectivity index (χ0v) is 13.7. The van der Waals surface area contributed by atoms with Crippen LogP contribution in [0.1, 0.15) is 12.8 Å². The number of alkyl halides is 6. The predicted molar refractivity (Wildman–Crippen MR) is 78.0 cm³/mol. The van der Waals surface area contributed by atoms with Gasteiger partial charge in [-0.05, 0) is 12.8 Å². The lowest BCUT2D eigenvalue weighted by atomic mass is 9.92. The molecule has 0 aromatic carbocycles. The van der Waals surface area contributed by atoms with Crippen molar-refractivity contribution in [2.75, 3.05) is 32.7 Å². The van der Waals surface area contributed by atoms with Crippen molar-refractivity contribution in [1.82, 2.24) is 20.9 Å². The Kier molecular flexibility index (Phi) is 6.37. The van der Waals surface area contributed by atoms with Gasteiger partial charge in [-0.3, -0.25) is 14.5 Å². The van der Waals surface area contributed by atoms with Crippen LogP contribution in [0.4, 0.5) is 26.3 Å². The van der Waals surface area contributed by atoms with E-state index in [9.17, 15) is 35.9 Å². The fourth-order valence-electron chi connectivity index (χ4n) is 3.07. The Balaban J connectivity index is 1.92. The highest BCUT2D eigenvalue weighted by molar-refractivity contribution is 6.00. The van der Waals surface area contributed by atoms with Gasteiger partial charge in [0.05, 0.1) is 0 Å². The quantitative estimate of drug-likeness (QED) is 0.480. The number of carbonyl (C=O) groups is 2. The van der Waals surface area contributed by atoms with E-state index in [-0.39, 0.29) is 19.5 Å². The number of hydrogen-bond acceptors (Lipinski definition) is 4. The van der Waals surface area contributed by atoms with Gasteiger partial charge in [0, 0.05) is 32.7 Å². The van der Waals surface area contributed by atoms with Crippen LogP contribution in [0.2, 0.25) is 0 Å². The first-order valence-electron chi connectivity index (χ1n) is 8.16. The SMILES string of the molecule is O=C(NCC(N1CCNCC1)C(F)(F)F)C1CCC(C(F)(F)F)NC1=O. The Morgan fingerprint density at radius 2 is 1.77 bits per heavy atom. The fourth-order valence-corrected chi connectivity index (χ4v) is 3.07. The minimum atomic E-state index is -4.62. The molecule has 150 valence electrons. The molecule has 6 nitrogen and oxygen atoms in total. The molecule has 0 saturated carbocycles. The summed E-state index contributed by atoms with van der Waals surface area (Å²) in [6.45, 7) is 0.304. The molecule has 12 heteroatoms. The van der Waals surface area contributed by atoms with Gasteiger partial charge in [0.25, 0.3) is 0 Å². The zero-order valence-electron chi connectivity index (χ0n) is 13.7. The molecule has 0 radical (unpaired) electrons. The van der Waals surface area contributed by atoms with Crippen molar-refractivity contribution in [3.05, 3.63) is 0 Å². The van der Waals surface area contributed by atoms with Gasteiger partial charge in [0.1, 0.15) is 18.0 Å². The van der Waals surface area contributed by atoms with E-state index < -0.39 is 55.1 Å². The van der Waals surface area contributed by atoms with E-state index >= 15 is 0 Å². The number of hydrogen-bond donors (Lipinski definition) is 3. The van der Waals surface area contributed by atoms with Gasteiger partial charge in [-0.25, -0.2) is 0 Å². The maximum Gasteiger partial charge on any atom is 0.408 e. The number of carbonyl (C=O) groups excluding carboxylic acids is 2. The van der Waals surface area contributed by atoms with Gasteiger partial charge in [0.15, 0.2) is 0 Å². The maximum absolute atomic E-state index is 13.2. The molecule has 0 bridgehead atoms. The lowest BCUT2D eigenvalue weighted by Gasteiger charge is -2.36. The summed E-state index contributed by atoms with van der Waals surface area (Å²) in [5, 5.41) is 6.70. The molecule has 2 heterocycles. The Bertz CT molecular complexity index is 519. The summed E-state index contributed by atoms with van der Waals surface area (Å²) in [6.07, 6.45) is -10.1. The molecule has 0 aromatic rings. The number of piperazine rings is 1. The van der Waals surface area contributed by atoms with E-state index in [0.29, 0.717) is 13.1 Å². The smallest absolute Gasteiger partial charge is 0.353 e. The normalized spacial score (nSPS) is 26.9. The first-order chi connectivity index (χ1) is 12.0. The standard InChI is InChI=1S/C14H20F6N4O2/c15-13(16,17)9-2-1-8(12(26)23-9)11(25)22-7-10(14(18,19)20)24-5-3-21-4-6-24/h8-10,21H,1-7H2,(H,22,25)(H,23,26). The lowest BCUT2D eigenvalue weighted by Crippen LogP contribution is -2.59. The third kappa shape index (κ3) is 5.22. The minimum absolute atomic E-state index is 0.150. The molecule has 0 aliphatic carbocycles. The highest BCUT2D eigenvalue weighted by Gasteiger charge is 2.47. The van der Waals surface area contributed by atoms with E-state index in [1.165, 1.54) is 4.90 Å². The molecule has 0 aromatic heterocycles. The summed E-state index contributed by atoms with van der Waals surface area (Å²) in [4.78, 5) is 24.9. The molecule has 3 atom stereocenters. The largest absolute Gasteiger partial charge is 0.408 e. The van der Waals surface area contributed by atoms with Crippen molar-refractivity contribution in [1.29, 1.82) is 0 Å². The topological polar surface area (TPSA) is 73.5 Å². The van der Waals surface area contributed by atoms with Crippen LogP contribution in [-0.2, 0) is 9.59 Å². The summed E-state index contributed by atoms with van der Waals surface area (Å²) in [5.41, 5.74) is 0. The first-order valence-corrected chi connectivity index (χ1v) is 8.16. The molecule has 0 spiro atoms. The molecule has 2 aliphatic rings. The summed E-state index contributed by atoms with van der Waals surface area (Å²) >= 11 is 0. The highest BCUT2D eigenvalue weighted by atomic mass is 19.4. The van der Waals surface area contributed by atoms with Crippen LogP contribution in [0.5, 0.6) is 0 Å². The number of nitrogens with one attached hydrogen (secondary N) is 3. The van der Waals surface area contributed by atoms with Crippen LogP contribution in [0.3, 0.4) is 0 Å². The van der Waals surface area contributed by atoms with Crippen molar-refractivity contribution in [3.8, 4) is 0 Å². The molecule has 2 aliphatic heterocycles. The van der Waals surface area contributed by atoms with Crippen molar-refractivity contribution >= 4 is 11.8 Å². The Labute approximate surface area is 145 Å². The molecule has 2 fully saturated rings. The van der Waals surface area contributed by atoms with E-state index in [4.69, 9.17) is 0 Å². The van der Waals surface area contributed by atoms with Crippen molar-refractivity contribution in [3.63, 3.8) is 0 Å². The van der Waals surface area contributed by atoms with Gasteiger partial charge in [-0.1, -0.05) is 0 Å². The highest BCUT2D eigenvalue weighted by Crippen LogP contribution is 2.29. The summed E-state index contributed by atoms with van der Waals surface area (Å²) in [7, 11) is 0. The molecule has 2 amide bonds. The van der Waals surface area contributed by atoms with Crippen LogP contribution < -0.4 is 16.0 Å². The first kappa shape index (κ1) is 20.7. The minimum Gasteiger partial charge on any atom is -0.353 e. The van der Waals surface area contributed by atoms with Crippen molar-refractivity contribution in [2.24, 2.45) is 5.92 Å². The van der Waals surface area contributed by atoms with Crippen molar-refractivity contribution in [2.45, 2.75) is 37.3 Å². The molecular weight excluding hydrogens is 370 g/mol. The average molecular weight is 390 g/mol. The lowest BCUT2D eigenvalue weighted by molar-refractivity contribution is -0.184. The van der Waals surface area contributed by atoms with E-state index in [1.807, 2.05) is 0 Å².